The van der Waals surface area contributed by atoms with Crippen molar-refractivity contribution in [2.75, 3.05) is 7.11 Å². The van der Waals surface area contributed by atoms with E-state index in [0.29, 0.717) is 11.3 Å². The molecule has 0 aliphatic carbocycles. The van der Waals surface area contributed by atoms with E-state index in [1.165, 1.54) is 31.5 Å². The molecule has 9 heteroatoms. The zero-order chi connectivity index (χ0) is 19.6. The molecule has 0 aromatic heterocycles. The molecule has 2 aromatic rings. The first-order valence-electron chi connectivity index (χ1n) is 7.54. The zero-order valence-electron chi connectivity index (χ0n) is 14.2. The second kappa shape index (κ2) is 9.40. The van der Waals surface area contributed by atoms with Crippen LogP contribution in [0.15, 0.2) is 69.6 Å². The van der Waals surface area contributed by atoms with Gasteiger partial charge in [0.15, 0.2) is 5.70 Å². The van der Waals surface area contributed by atoms with Crippen molar-refractivity contribution in [2.24, 2.45) is 15.3 Å². The highest BCUT2D eigenvalue weighted by Gasteiger charge is 2.10. The average molecular weight is 364 g/mol. The number of benzene rings is 2. The van der Waals surface area contributed by atoms with Crippen molar-refractivity contribution in [1.82, 2.24) is 5.43 Å². The number of azo groups is 1. The molecule has 0 atom stereocenters. The first-order valence-corrected chi connectivity index (χ1v) is 7.54. The van der Waals surface area contributed by atoms with E-state index in [2.05, 4.69) is 20.8 Å². The molecule has 0 radical (unpaired) electrons. The molecule has 0 heterocycles. The number of methoxy groups -OCH3 is 1. The van der Waals surface area contributed by atoms with Crippen LogP contribution in [-0.4, -0.2) is 36.2 Å². The summed E-state index contributed by atoms with van der Waals surface area (Å²) in [5.74, 6) is 0.0616. The summed E-state index contributed by atoms with van der Waals surface area (Å²) in [7, 11) is 1.50. The van der Waals surface area contributed by atoms with Crippen molar-refractivity contribution in [2.45, 2.75) is 0 Å². The molecular formula is C18H14N5O4-. The number of carbonyl (C=O) groups excluding carboxylic acids is 1. The summed E-state index contributed by atoms with van der Waals surface area (Å²) < 4.78 is 5.15. The van der Waals surface area contributed by atoms with Crippen LogP contribution in [0.2, 0.25) is 0 Å². The minimum absolute atomic E-state index is 0.0167. The Morgan fingerprint density at radius 3 is 2.59 bits per heavy atom. The Kier molecular flexibility index (Phi) is 6.69. The van der Waals surface area contributed by atoms with Crippen LogP contribution in [0, 0.1) is 0 Å². The minimum atomic E-state index is -1.20. The first-order chi connectivity index (χ1) is 13.1. The predicted octanol–water partition coefficient (Wildman–Crippen LogP) is 2.75. The molecule has 0 bridgehead atoms. The highest BCUT2D eigenvalue weighted by atomic mass is 16.5. The first kappa shape index (κ1) is 19.2. The number of rotatable bonds is 7. The Balaban J connectivity index is 2.10. The van der Waals surface area contributed by atoms with E-state index in [0.717, 1.165) is 0 Å². The maximum atomic E-state index is 12.0. The molecule has 0 saturated heterocycles. The van der Waals surface area contributed by atoms with Crippen LogP contribution < -0.4 is 10.2 Å². The molecule has 136 valence electrons. The number of amides is 1. The van der Waals surface area contributed by atoms with Gasteiger partial charge >= 0.3 is 5.97 Å². The third-order valence-electron chi connectivity index (χ3n) is 3.22. The number of hydrazone groups is 1. The highest BCUT2D eigenvalue weighted by Crippen LogP contribution is 2.19. The molecular weight excluding hydrogens is 350 g/mol. The van der Waals surface area contributed by atoms with Gasteiger partial charge in [0.2, 0.25) is 0 Å². The summed E-state index contributed by atoms with van der Waals surface area (Å²) in [4.78, 5) is 23.1. The molecule has 0 saturated carbocycles. The van der Waals surface area contributed by atoms with Gasteiger partial charge < -0.3 is 15.3 Å². The molecule has 0 aliphatic heterocycles. The number of hydrogen-bond donors (Lipinski definition) is 2. The van der Waals surface area contributed by atoms with E-state index >= 15 is 0 Å². The lowest BCUT2D eigenvalue weighted by Gasteiger charge is -2.03. The van der Waals surface area contributed by atoms with Crippen molar-refractivity contribution in [3.05, 3.63) is 70.8 Å². The third kappa shape index (κ3) is 5.18. The molecule has 9 nitrogen and oxygen atoms in total. The summed E-state index contributed by atoms with van der Waals surface area (Å²) in [5.41, 5.74) is 2.11. The van der Waals surface area contributed by atoms with Crippen LogP contribution in [-0.2, 0) is 4.79 Å². The number of hydrogen-bond acceptors (Lipinski definition) is 6. The van der Waals surface area contributed by atoms with Crippen LogP contribution in [0.1, 0.15) is 15.9 Å². The molecule has 0 aliphatic rings. The molecule has 27 heavy (non-hydrogen) atoms. The fourth-order valence-corrected chi connectivity index (χ4v) is 1.95. The van der Waals surface area contributed by atoms with Crippen molar-refractivity contribution >= 4 is 29.6 Å². The second-order valence-electron chi connectivity index (χ2n) is 4.92. The van der Waals surface area contributed by atoms with Crippen molar-refractivity contribution in [3.63, 3.8) is 0 Å². The number of nitrogens with zero attached hydrogens (tertiary/aromatic N) is 4. The lowest BCUT2D eigenvalue weighted by atomic mass is 10.2. The maximum Gasteiger partial charge on any atom is 0.337 e. The van der Waals surface area contributed by atoms with Gasteiger partial charge in [-0.25, -0.2) is 16.1 Å². The maximum absolute atomic E-state index is 12.0. The summed E-state index contributed by atoms with van der Waals surface area (Å²) in [6.45, 7) is 0. The summed E-state index contributed by atoms with van der Waals surface area (Å²) >= 11 is 0. The molecule has 0 unspecified atom stereocenters. The SMILES string of the molecule is COc1ccccc1/C=N/NC(=O)C(=C=[N-])N=Nc1ccccc1C(=O)O. The van der Waals surface area contributed by atoms with E-state index in [1.54, 1.807) is 36.2 Å². The number of ether oxygens (including phenoxy) is 1. The fourth-order valence-electron chi connectivity index (χ4n) is 1.95. The normalized spacial score (nSPS) is 10.6. The Labute approximate surface area is 154 Å². The lowest BCUT2D eigenvalue weighted by molar-refractivity contribution is -0.117. The smallest absolute Gasteiger partial charge is 0.337 e. The van der Waals surface area contributed by atoms with Crippen molar-refractivity contribution < 1.29 is 19.4 Å². The van der Waals surface area contributed by atoms with Crippen molar-refractivity contribution in [1.29, 1.82) is 0 Å². The minimum Gasteiger partial charge on any atom is -0.761 e. The topological polar surface area (TPSA) is 135 Å². The van der Waals surface area contributed by atoms with Crippen molar-refractivity contribution in [3.8, 4) is 5.75 Å². The van der Waals surface area contributed by atoms with Gasteiger partial charge in [0, 0.05) is 5.56 Å². The van der Waals surface area contributed by atoms with E-state index in [9.17, 15) is 9.59 Å². The van der Waals surface area contributed by atoms with Crippen LogP contribution in [0.25, 0.3) is 5.41 Å². The Morgan fingerprint density at radius 2 is 1.89 bits per heavy atom. The van der Waals surface area contributed by atoms with E-state index in [1.807, 2.05) is 0 Å². The van der Waals surface area contributed by atoms with E-state index < -0.39 is 17.6 Å². The third-order valence-corrected chi connectivity index (χ3v) is 3.22. The largest absolute Gasteiger partial charge is 0.761 e. The molecule has 0 fully saturated rings. The number of nitrogens with one attached hydrogen (secondary N) is 1. The number of carboxylic acid groups (broad SMARTS) is 1. The van der Waals surface area contributed by atoms with Crippen LogP contribution in [0.5, 0.6) is 5.75 Å². The monoisotopic (exact) mass is 364 g/mol. The Bertz CT molecular complexity index is 962. The second-order valence-corrected chi connectivity index (χ2v) is 4.92. The van der Waals surface area contributed by atoms with Gasteiger partial charge in [-0.2, -0.15) is 5.10 Å². The molecule has 2 aromatic carbocycles. The van der Waals surface area contributed by atoms with Gasteiger partial charge in [-0.05, 0) is 24.3 Å². The van der Waals surface area contributed by atoms with Gasteiger partial charge in [-0.3, -0.25) is 4.79 Å². The molecule has 2 N–H and O–H groups in total. The van der Waals surface area contributed by atoms with Gasteiger partial charge in [0.25, 0.3) is 5.91 Å². The number of carboxylic acids is 1. The van der Waals surface area contributed by atoms with Gasteiger partial charge in [-0.1, -0.05) is 24.3 Å². The van der Waals surface area contributed by atoms with Crippen LogP contribution >= 0.6 is 0 Å². The lowest BCUT2D eigenvalue weighted by Crippen LogP contribution is -2.19. The summed E-state index contributed by atoms with van der Waals surface area (Å²) in [6.07, 6.45) is 1.35. The standard InChI is InChI=1S/C18H14N5O4/c1-27-16-9-5-2-6-12(16)11-20-23-17(24)15(10-19)22-21-14-8-4-3-7-13(14)18(25)26/h2-9,11H,1H3,(H,23,24)(H,25,26)/q-1/b20-11+,22-21?. The number of aromatic carboxylic acids is 1. The quantitative estimate of drug-likeness (QED) is 0.338. The summed E-state index contributed by atoms with van der Waals surface area (Å²) in [5, 5.41) is 29.1. The van der Waals surface area contributed by atoms with Gasteiger partial charge in [0.05, 0.1) is 18.9 Å². The highest BCUT2D eigenvalue weighted by molar-refractivity contribution is 6.02. The Hall–Kier alpha value is -4.10. The molecule has 0 spiro atoms. The fraction of sp³-hybridized carbons (Fsp3) is 0.0556. The van der Waals surface area contributed by atoms with Crippen LogP contribution in [0.4, 0.5) is 5.69 Å². The average Bonchev–Trinajstić information content (AvgIpc) is 2.69. The molecule has 1 amide bonds. The van der Waals surface area contributed by atoms with Crippen LogP contribution in [0.3, 0.4) is 0 Å². The Morgan fingerprint density at radius 1 is 1.19 bits per heavy atom. The van der Waals surface area contributed by atoms with E-state index in [-0.39, 0.29) is 11.3 Å². The van der Waals surface area contributed by atoms with E-state index in [4.69, 9.17) is 15.3 Å². The zero-order valence-corrected chi connectivity index (χ0v) is 14.2. The number of para-hydroxylation sites is 1. The summed E-state index contributed by atoms with van der Waals surface area (Å²) in [6, 6.07) is 12.8. The predicted molar refractivity (Wildman–Crippen MR) is 98.5 cm³/mol. The van der Waals surface area contributed by atoms with Gasteiger partial charge in [0.1, 0.15) is 11.4 Å². The van der Waals surface area contributed by atoms with Gasteiger partial charge in [-0.15, -0.1) is 10.2 Å². The number of carbonyl (C=O) groups is 2. The molecule has 2 rings (SSSR count).